The Bertz CT molecular complexity index is 600. The molecule has 0 radical (unpaired) electrons. The van der Waals surface area contributed by atoms with Crippen LogP contribution in [0.15, 0.2) is 18.2 Å². The third-order valence-electron chi connectivity index (χ3n) is 3.77. The minimum Gasteiger partial charge on any atom is -0.444 e. The second-order valence-electron chi connectivity index (χ2n) is 6.80. The molecule has 0 atom stereocenters. The number of para-hydroxylation sites is 1. The number of aryl methyl sites for hydroxylation is 1. The first kappa shape index (κ1) is 17.1. The lowest BCUT2D eigenvalue weighted by Gasteiger charge is -2.35. The number of carbonyl (C=O) groups excluding carboxylic acids is 2. The summed E-state index contributed by atoms with van der Waals surface area (Å²) >= 11 is 0. The van der Waals surface area contributed by atoms with Gasteiger partial charge in [-0.15, -0.1) is 0 Å². The Morgan fingerprint density at radius 2 is 1.65 bits per heavy atom. The van der Waals surface area contributed by atoms with Gasteiger partial charge in [-0.05, 0) is 39.3 Å². The molecule has 126 valence electrons. The second kappa shape index (κ2) is 6.48. The monoisotopic (exact) mass is 319 g/mol. The van der Waals surface area contributed by atoms with Gasteiger partial charge in [0.2, 0.25) is 0 Å². The van der Waals surface area contributed by atoms with Crippen molar-refractivity contribution in [1.29, 1.82) is 0 Å². The number of hydrogen-bond acceptors (Lipinski definition) is 4. The normalized spacial score (nSPS) is 15.5. The predicted octanol–water partition coefficient (Wildman–Crippen LogP) is 2.27. The maximum Gasteiger partial charge on any atom is 0.410 e. The number of ether oxygens (including phenoxy) is 1. The molecule has 2 rings (SSSR count). The van der Waals surface area contributed by atoms with E-state index in [2.05, 4.69) is 0 Å². The van der Waals surface area contributed by atoms with Crippen LogP contribution < -0.4 is 5.73 Å². The number of nitrogen functional groups attached to an aromatic ring is 1. The number of nitrogens with zero attached hydrogens (tertiary/aromatic N) is 2. The van der Waals surface area contributed by atoms with Crippen molar-refractivity contribution in [3.63, 3.8) is 0 Å². The molecule has 0 bridgehead atoms. The lowest BCUT2D eigenvalue weighted by molar-refractivity contribution is 0.0141. The van der Waals surface area contributed by atoms with E-state index in [1.54, 1.807) is 15.9 Å². The third-order valence-corrected chi connectivity index (χ3v) is 3.77. The number of nitrogens with two attached hydrogens (primary N) is 1. The van der Waals surface area contributed by atoms with Crippen LogP contribution >= 0.6 is 0 Å². The summed E-state index contributed by atoms with van der Waals surface area (Å²) in [5, 5.41) is 0. The van der Waals surface area contributed by atoms with E-state index in [-0.39, 0.29) is 12.0 Å². The molecule has 1 saturated heterocycles. The van der Waals surface area contributed by atoms with Crippen molar-refractivity contribution in [3.05, 3.63) is 29.3 Å². The molecule has 0 saturated carbocycles. The molecule has 1 fully saturated rings. The molecule has 1 aliphatic heterocycles. The maximum atomic E-state index is 12.6. The number of anilines is 1. The van der Waals surface area contributed by atoms with Crippen molar-refractivity contribution in [2.45, 2.75) is 33.3 Å². The summed E-state index contributed by atoms with van der Waals surface area (Å²) in [6.45, 7) is 9.28. The highest BCUT2D eigenvalue weighted by Crippen LogP contribution is 2.19. The van der Waals surface area contributed by atoms with Gasteiger partial charge in [0.15, 0.2) is 0 Å². The van der Waals surface area contributed by atoms with Gasteiger partial charge in [0.05, 0.1) is 5.56 Å². The van der Waals surface area contributed by atoms with Crippen LogP contribution in [0.3, 0.4) is 0 Å². The average Bonchev–Trinajstić information content (AvgIpc) is 2.48. The van der Waals surface area contributed by atoms with Crippen molar-refractivity contribution < 1.29 is 14.3 Å². The zero-order valence-electron chi connectivity index (χ0n) is 14.3. The van der Waals surface area contributed by atoms with Crippen LogP contribution in [0, 0.1) is 6.92 Å². The Hall–Kier alpha value is -2.24. The lowest BCUT2D eigenvalue weighted by Crippen LogP contribution is -2.51. The Balaban J connectivity index is 1.98. The molecule has 1 heterocycles. The first-order chi connectivity index (χ1) is 10.7. The number of carbonyl (C=O) groups is 2. The average molecular weight is 319 g/mol. The van der Waals surface area contributed by atoms with Gasteiger partial charge in [-0.3, -0.25) is 4.79 Å². The molecular formula is C17H25N3O3. The van der Waals surface area contributed by atoms with Crippen LogP contribution in [-0.4, -0.2) is 53.6 Å². The van der Waals surface area contributed by atoms with E-state index in [1.165, 1.54) is 0 Å². The summed E-state index contributed by atoms with van der Waals surface area (Å²) in [7, 11) is 0. The van der Waals surface area contributed by atoms with Gasteiger partial charge in [0.25, 0.3) is 5.91 Å². The molecule has 0 spiro atoms. The topological polar surface area (TPSA) is 75.9 Å². The Morgan fingerprint density at radius 3 is 2.22 bits per heavy atom. The minimum atomic E-state index is -0.514. The molecular weight excluding hydrogens is 294 g/mol. The molecule has 6 heteroatoms. The Kier molecular flexibility index (Phi) is 4.82. The van der Waals surface area contributed by atoms with E-state index >= 15 is 0 Å². The first-order valence-corrected chi connectivity index (χ1v) is 7.81. The fraction of sp³-hybridized carbons (Fsp3) is 0.529. The van der Waals surface area contributed by atoms with Gasteiger partial charge in [-0.2, -0.15) is 0 Å². The number of benzene rings is 1. The lowest BCUT2D eigenvalue weighted by atomic mass is 10.1. The summed E-state index contributed by atoms with van der Waals surface area (Å²) in [6, 6.07) is 5.45. The van der Waals surface area contributed by atoms with Crippen LogP contribution in [0.4, 0.5) is 10.5 Å². The van der Waals surface area contributed by atoms with Crippen LogP contribution in [0.2, 0.25) is 0 Å². The van der Waals surface area contributed by atoms with Crippen molar-refractivity contribution in [2.75, 3.05) is 31.9 Å². The number of piperazine rings is 1. The predicted molar refractivity (Wildman–Crippen MR) is 89.3 cm³/mol. The van der Waals surface area contributed by atoms with Crippen molar-refractivity contribution in [1.82, 2.24) is 9.80 Å². The highest BCUT2D eigenvalue weighted by molar-refractivity contribution is 5.99. The Labute approximate surface area is 137 Å². The first-order valence-electron chi connectivity index (χ1n) is 7.81. The number of rotatable bonds is 1. The highest BCUT2D eigenvalue weighted by atomic mass is 16.6. The summed E-state index contributed by atoms with van der Waals surface area (Å²) in [6.07, 6.45) is -0.334. The van der Waals surface area contributed by atoms with Gasteiger partial charge in [0, 0.05) is 31.9 Å². The summed E-state index contributed by atoms with van der Waals surface area (Å²) in [5.74, 6) is -0.0879. The van der Waals surface area contributed by atoms with Crippen molar-refractivity contribution >= 4 is 17.7 Å². The second-order valence-corrected chi connectivity index (χ2v) is 6.80. The van der Waals surface area contributed by atoms with Crippen LogP contribution in [0.25, 0.3) is 0 Å². The third kappa shape index (κ3) is 4.15. The van der Waals surface area contributed by atoms with E-state index in [0.29, 0.717) is 37.4 Å². The van der Waals surface area contributed by atoms with Gasteiger partial charge in [0.1, 0.15) is 5.60 Å². The molecule has 1 aromatic carbocycles. The summed E-state index contributed by atoms with van der Waals surface area (Å²) in [5.41, 5.74) is 7.43. The molecule has 1 aromatic rings. The van der Waals surface area contributed by atoms with Gasteiger partial charge < -0.3 is 20.3 Å². The van der Waals surface area contributed by atoms with Crippen LogP contribution in [0.5, 0.6) is 0 Å². The minimum absolute atomic E-state index is 0.0879. The maximum absolute atomic E-state index is 12.6. The van der Waals surface area contributed by atoms with E-state index in [1.807, 2.05) is 39.8 Å². The van der Waals surface area contributed by atoms with E-state index in [4.69, 9.17) is 10.5 Å². The fourth-order valence-corrected chi connectivity index (χ4v) is 2.46. The summed E-state index contributed by atoms with van der Waals surface area (Å²) < 4.78 is 5.36. The van der Waals surface area contributed by atoms with E-state index in [9.17, 15) is 9.59 Å². The van der Waals surface area contributed by atoms with Crippen molar-refractivity contribution in [3.8, 4) is 0 Å². The van der Waals surface area contributed by atoms with E-state index in [0.717, 1.165) is 5.56 Å². The molecule has 2 amide bonds. The molecule has 0 aromatic heterocycles. The van der Waals surface area contributed by atoms with Crippen molar-refractivity contribution in [2.24, 2.45) is 0 Å². The Morgan fingerprint density at radius 1 is 1.09 bits per heavy atom. The van der Waals surface area contributed by atoms with Crippen LogP contribution in [-0.2, 0) is 4.74 Å². The molecule has 2 N–H and O–H groups in total. The molecule has 1 aliphatic rings. The largest absolute Gasteiger partial charge is 0.444 e. The highest BCUT2D eigenvalue weighted by Gasteiger charge is 2.28. The zero-order chi connectivity index (χ0) is 17.2. The summed E-state index contributed by atoms with van der Waals surface area (Å²) in [4.78, 5) is 28.0. The van der Waals surface area contributed by atoms with Gasteiger partial charge >= 0.3 is 6.09 Å². The molecule has 0 unspecified atom stereocenters. The number of amides is 2. The zero-order valence-corrected chi connectivity index (χ0v) is 14.3. The standard InChI is InChI=1S/C17H25N3O3/c1-12-6-5-7-13(14(12)18)15(21)19-8-10-20(11-9-19)16(22)23-17(2,3)4/h5-7H,8-11,18H2,1-4H3. The van der Waals surface area contributed by atoms with Gasteiger partial charge in [-0.1, -0.05) is 12.1 Å². The molecule has 0 aliphatic carbocycles. The number of hydrogen-bond donors (Lipinski definition) is 1. The molecule has 23 heavy (non-hydrogen) atoms. The smallest absolute Gasteiger partial charge is 0.410 e. The van der Waals surface area contributed by atoms with Gasteiger partial charge in [-0.25, -0.2) is 4.79 Å². The quantitative estimate of drug-likeness (QED) is 0.806. The molecule has 6 nitrogen and oxygen atoms in total. The van der Waals surface area contributed by atoms with E-state index < -0.39 is 5.60 Å². The van der Waals surface area contributed by atoms with Crippen LogP contribution in [0.1, 0.15) is 36.7 Å². The SMILES string of the molecule is Cc1cccc(C(=O)N2CCN(C(=O)OC(C)(C)C)CC2)c1N. The fourth-order valence-electron chi connectivity index (χ4n) is 2.46.